The molecule has 4 nitrogen and oxygen atoms in total. The zero-order valence-electron chi connectivity index (χ0n) is 7.40. The quantitative estimate of drug-likeness (QED) is 0.516. The summed E-state index contributed by atoms with van der Waals surface area (Å²) in [5, 5.41) is 2.79. The molecule has 0 aliphatic carbocycles. The molecule has 0 aliphatic rings. The molecule has 68 valence electrons. The van der Waals surface area contributed by atoms with E-state index >= 15 is 0 Å². The largest absolute Gasteiger partial charge is 0.465 e. The Balaban J connectivity index is 3.23. The predicted molar refractivity (Wildman–Crippen MR) is 48.0 cm³/mol. The fraction of sp³-hybridized carbons (Fsp3) is 0.222. The number of ether oxygens (including phenoxy) is 1. The van der Waals surface area contributed by atoms with Gasteiger partial charge in [0.05, 0.1) is 12.7 Å². The van der Waals surface area contributed by atoms with Gasteiger partial charge in [-0.15, -0.1) is 4.91 Å². The molecule has 0 aromatic heterocycles. The van der Waals surface area contributed by atoms with E-state index in [1.807, 2.05) is 0 Å². The predicted octanol–water partition coefficient (Wildman–Crippen LogP) is 2.18. The second kappa shape index (κ2) is 3.80. The number of hydrogen-bond donors (Lipinski definition) is 0. The standard InChI is InChI=1S/C9H9NO3/c1-6-7(9(11)13-2)4-3-5-8(6)10-12/h3-5H,1-2H3. The van der Waals surface area contributed by atoms with E-state index in [2.05, 4.69) is 9.91 Å². The number of rotatable bonds is 2. The zero-order valence-corrected chi connectivity index (χ0v) is 7.40. The number of methoxy groups -OCH3 is 1. The van der Waals surface area contributed by atoms with E-state index in [1.54, 1.807) is 25.1 Å². The summed E-state index contributed by atoms with van der Waals surface area (Å²) in [4.78, 5) is 21.4. The molecule has 1 rings (SSSR count). The van der Waals surface area contributed by atoms with Crippen molar-refractivity contribution in [2.24, 2.45) is 5.18 Å². The molecule has 0 amide bonds. The Labute approximate surface area is 75.5 Å². The maximum Gasteiger partial charge on any atom is 0.338 e. The number of nitroso groups, excluding NO2 is 1. The normalized spacial score (nSPS) is 9.38. The number of esters is 1. The summed E-state index contributed by atoms with van der Waals surface area (Å²) in [5.74, 6) is -0.456. The van der Waals surface area contributed by atoms with Crippen LogP contribution in [0.3, 0.4) is 0 Å². The molecule has 0 fully saturated rings. The fourth-order valence-electron chi connectivity index (χ4n) is 1.05. The Hall–Kier alpha value is -1.71. The van der Waals surface area contributed by atoms with Crippen LogP contribution in [0.25, 0.3) is 0 Å². The van der Waals surface area contributed by atoms with Crippen LogP contribution in [0.4, 0.5) is 5.69 Å². The smallest absolute Gasteiger partial charge is 0.338 e. The van der Waals surface area contributed by atoms with E-state index in [9.17, 15) is 9.70 Å². The SMILES string of the molecule is COC(=O)c1cccc(N=O)c1C. The molecule has 0 saturated heterocycles. The van der Waals surface area contributed by atoms with Gasteiger partial charge in [-0.3, -0.25) is 0 Å². The van der Waals surface area contributed by atoms with Gasteiger partial charge in [0.25, 0.3) is 0 Å². The van der Waals surface area contributed by atoms with Gasteiger partial charge < -0.3 is 4.74 Å². The molecule has 0 unspecified atom stereocenters. The highest BCUT2D eigenvalue weighted by Crippen LogP contribution is 2.21. The first kappa shape index (κ1) is 9.38. The Bertz CT molecular complexity index is 347. The Kier molecular flexibility index (Phi) is 2.74. The molecule has 0 aliphatic heterocycles. The van der Waals surface area contributed by atoms with Crippen molar-refractivity contribution >= 4 is 11.7 Å². The van der Waals surface area contributed by atoms with Gasteiger partial charge in [0, 0.05) is 0 Å². The summed E-state index contributed by atoms with van der Waals surface area (Å²) in [6.07, 6.45) is 0. The molecular formula is C9H9NO3. The van der Waals surface area contributed by atoms with Crippen molar-refractivity contribution in [2.45, 2.75) is 6.92 Å². The third-order valence-corrected chi connectivity index (χ3v) is 1.81. The van der Waals surface area contributed by atoms with Crippen LogP contribution < -0.4 is 0 Å². The van der Waals surface area contributed by atoms with Crippen LogP contribution in [-0.2, 0) is 4.74 Å². The summed E-state index contributed by atoms with van der Waals surface area (Å²) in [6, 6.07) is 4.74. The van der Waals surface area contributed by atoms with Crippen molar-refractivity contribution in [1.29, 1.82) is 0 Å². The van der Waals surface area contributed by atoms with Gasteiger partial charge in [-0.25, -0.2) is 4.79 Å². The summed E-state index contributed by atoms with van der Waals surface area (Å²) in [7, 11) is 1.29. The van der Waals surface area contributed by atoms with Crippen molar-refractivity contribution in [3.8, 4) is 0 Å². The van der Waals surface area contributed by atoms with Crippen LogP contribution in [0.2, 0.25) is 0 Å². The van der Waals surface area contributed by atoms with Crippen molar-refractivity contribution in [1.82, 2.24) is 0 Å². The molecule has 0 N–H and O–H groups in total. The number of carbonyl (C=O) groups is 1. The van der Waals surface area contributed by atoms with Gasteiger partial charge in [-0.2, -0.15) is 0 Å². The van der Waals surface area contributed by atoms with Gasteiger partial charge in [-0.05, 0) is 29.8 Å². The maximum atomic E-state index is 11.1. The van der Waals surface area contributed by atoms with E-state index in [4.69, 9.17) is 0 Å². The van der Waals surface area contributed by atoms with Crippen molar-refractivity contribution < 1.29 is 9.53 Å². The molecule has 0 radical (unpaired) electrons. The topological polar surface area (TPSA) is 55.7 Å². The van der Waals surface area contributed by atoms with Gasteiger partial charge >= 0.3 is 5.97 Å². The van der Waals surface area contributed by atoms with Crippen LogP contribution in [0.15, 0.2) is 23.4 Å². The van der Waals surface area contributed by atoms with E-state index < -0.39 is 5.97 Å². The molecule has 0 spiro atoms. The second-order valence-corrected chi connectivity index (χ2v) is 2.53. The Morgan fingerprint density at radius 1 is 1.46 bits per heavy atom. The second-order valence-electron chi connectivity index (χ2n) is 2.53. The minimum Gasteiger partial charge on any atom is -0.465 e. The van der Waals surface area contributed by atoms with Crippen LogP contribution in [-0.4, -0.2) is 13.1 Å². The van der Waals surface area contributed by atoms with Crippen molar-refractivity contribution in [3.63, 3.8) is 0 Å². The molecule has 0 heterocycles. The monoisotopic (exact) mass is 179 g/mol. The minimum atomic E-state index is -0.456. The third-order valence-electron chi connectivity index (χ3n) is 1.81. The summed E-state index contributed by atoms with van der Waals surface area (Å²) >= 11 is 0. The van der Waals surface area contributed by atoms with Gasteiger partial charge in [0.2, 0.25) is 0 Å². The first-order valence-corrected chi connectivity index (χ1v) is 3.72. The molecule has 13 heavy (non-hydrogen) atoms. The number of benzene rings is 1. The maximum absolute atomic E-state index is 11.1. The Morgan fingerprint density at radius 2 is 2.15 bits per heavy atom. The summed E-state index contributed by atoms with van der Waals surface area (Å²) < 4.78 is 4.53. The van der Waals surface area contributed by atoms with Gasteiger partial charge in [0.15, 0.2) is 0 Å². The highest BCUT2D eigenvalue weighted by atomic mass is 16.5. The number of hydrogen-bond acceptors (Lipinski definition) is 4. The van der Waals surface area contributed by atoms with E-state index in [1.165, 1.54) is 7.11 Å². The van der Waals surface area contributed by atoms with E-state index in [0.29, 0.717) is 11.1 Å². The summed E-state index contributed by atoms with van der Waals surface area (Å²) in [5.41, 5.74) is 1.19. The molecule has 0 bridgehead atoms. The lowest BCUT2D eigenvalue weighted by Crippen LogP contribution is -2.03. The summed E-state index contributed by atoms with van der Waals surface area (Å²) in [6.45, 7) is 1.66. The van der Waals surface area contributed by atoms with Crippen LogP contribution in [0.1, 0.15) is 15.9 Å². The molecule has 1 aromatic carbocycles. The van der Waals surface area contributed by atoms with E-state index in [-0.39, 0.29) is 5.69 Å². The molecule has 0 saturated carbocycles. The van der Waals surface area contributed by atoms with Crippen LogP contribution in [0, 0.1) is 11.8 Å². The average molecular weight is 179 g/mol. The molecular weight excluding hydrogens is 170 g/mol. The van der Waals surface area contributed by atoms with Crippen molar-refractivity contribution in [2.75, 3.05) is 7.11 Å². The third kappa shape index (κ3) is 1.72. The van der Waals surface area contributed by atoms with Crippen molar-refractivity contribution in [3.05, 3.63) is 34.2 Å². The molecule has 4 heteroatoms. The molecule has 1 aromatic rings. The van der Waals surface area contributed by atoms with Gasteiger partial charge in [-0.1, -0.05) is 6.07 Å². The first-order valence-electron chi connectivity index (χ1n) is 3.72. The lowest BCUT2D eigenvalue weighted by molar-refractivity contribution is 0.0600. The van der Waals surface area contributed by atoms with Gasteiger partial charge in [0.1, 0.15) is 5.69 Å². The fourth-order valence-corrected chi connectivity index (χ4v) is 1.05. The lowest BCUT2D eigenvalue weighted by Gasteiger charge is -2.03. The number of carbonyl (C=O) groups excluding carboxylic acids is 1. The highest BCUT2D eigenvalue weighted by molar-refractivity contribution is 5.92. The van der Waals surface area contributed by atoms with E-state index in [0.717, 1.165) is 0 Å². The number of nitrogens with zero attached hydrogens (tertiary/aromatic N) is 1. The average Bonchev–Trinajstić information content (AvgIpc) is 2.17. The zero-order chi connectivity index (χ0) is 9.84. The first-order chi connectivity index (χ1) is 6.20. The molecule has 0 atom stereocenters. The highest BCUT2D eigenvalue weighted by Gasteiger charge is 2.11. The Morgan fingerprint density at radius 3 is 2.69 bits per heavy atom. The van der Waals surface area contributed by atoms with Crippen LogP contribution >= 0.6 is 0 Å². The lowest BCUT2D eigenvalue weighted by atomic mass is 10.1. The minimum absolute atomic E-state index is 0.267. The van der Waals surface area contributed by atoms with Crippen LogP contribution in [0.5, 0.6) is 0 Å².